The van der Waals surface area contributed by atoms with Gasteiger partial charge in [0.25, 0.3) is 5.91 Å². The molecule has 2 aliphatic rings. The monoisotopic (exact) mass is 500 g/mol. The number of ether oxygens (including phenoxy) is 2. The first kappa shape index (κ1) is 25.0. The summed E-state index contributed by atoms with van der Waals surface area (Å²) in [5.41, 5.74) is 6.53. The van der Waals surface area contributed by atoms with Crippen LogP contribution in [0.2, 0.25) is 0 Å². The number of nitrogens with one attached hydrogen (secondary N) is 1. The van der Waals surface area contributed by atoms with Crippen molar-refractivity contribution in [1.29, 1.82) is 0 Å². The molecule has 14 heteroatoms. The number of fused-ring (bicyclic) bond motifs is 1. The fourth-order valence-corrected chi connectivity index (χ4v) is 3.85. The van der Waals surface area contributed by atoms with Gasteiger partial charge in [0.1, 0.15) is 11.8 Å². The lowest BCUT2D eigenvalue weighted by molar-refractivity contribution is -0.122. The van der Waals surface area contributed by atoms with Crippen LogP contribution in [0.25, 0.3) is 11.2 Å². The normalized spacial score (nSPS) is 20.1. The summed E-state index contributed by atoms with van der Waals surface area (Å²) in [6.07, 6.45) is -1.68. The molecule has 36 heavy (non-hydrogen) atoms. The van der Waals surface area contributed by atoms with Crippen molar-refractivity contribution < 1.29 is 29.3 Å². The van der Waals surface area contributed by atoms with Crippen LogP contribution in [0.5, 0.6) is 0 Å². The zero-order chi connectivity index (χ0) is 25.8. The third-order valence-corrected chi connectivity index (χ3v) is 5.69. The summed E-state index contributed by atoms with van der Waals surface area (Å²) in [6.45, 7) is 7.01. The van der Waals surface area contributed by atoms with Crippen molar-refractivity contribution in [2.45, 2.75) is 26.2 Å². The molecule has 0 aromatic carbocycles. The van der Waals surface area contributed by atoms with Crippen LogP contribution in [0.1, 0.15) is 25.9 Å². The Labute approximate surface area is 206 Å². The quantitative estimate of drug-likeness (QED) is 0.382. The number of aromatic nitrogens is 4. The van der Waals surface area contributed by atoms with E-state index in [1.54, 1.807) is 18.7 Å². The van der Waals surface area contributed by atoms with Gasteiger partial charge in [0.05, 0.1) is 13.2 Å². The average molecular weight is 501 g/mol. The molecule has 0 spiro atoms. The number of hydrogen-bond acceptors (Lipinski definition) is 11. The molecular weight excluding hydrogens is 472 g/mol. The molecule has 2 aromatic rings. The number of aliphatic hydroxyl groups excluding tert-OH is 2. The first-order chi connectivity index (χ1) is 17.3. The van der Waals surface area contributed by atoms with Gasteiger partial charge in [-0.25, -0.2) is 19.7 Å². The van der Waals surface area contributed by atoms with E-state index in [0.29, 0.717) is 45.9 Å². The van der Waals surface area contributed by atoms with E-state index < -0.39 is 24.0 Å². The van der Waals surface area contributed by atoms with Crippen LogP contribution < -0.4 is 11.1 Å². The Balaban J connectivity index is 1.47. The second kappa shape index (κ2) is 10.7. The number of hydrogen-bond donors (Lipinski definition) is 4. The smallest absolute Gasteiger partial charge is 0.409 e. The number of anilines is 1. The summed E-state index contributed by atoms with van der Waals surface area (Å²) in [6, 6.07) is 0. The maximum Gasteiger partial charge on any atom is 0.409 e. The third kappa shape index (κ3) is 4.97. The highest BCUT2D eigenvalue weighted by Gasteiger charge is 2.41. The van der Waals surface area contributed by atoms with Crippen LogP contribution in [-0.4, -0.2) is 104 Å². The number of aliphatic hydroxyl groups is 2. The van der Waals surface area contributed by atoms with E-state index in [0.717, 1.165) is 0 Å². The lowest BCUT2D eigenvalue weighted by Crippen LogP contribution is -2.48. The number of imidazole rings is 1. The molecule has 1 unspecified atom stereocenters. The number of carbonyl (C=O) groups excluding carboxylic acids is 2. The highest BCUT2D eigenvalue weighted by Crippen LogP contribution is 2.33. The lowest BCUT2D eigenvalue weighted by atomic mass is 10.2. The zero-order valence-electron chi connectivity index (χ0n) is 20.0. The van der Waals surface area contributed by atoms with Gasteiger partial charge in [-0.1, -0.05) is 5.92 Å². The molecule has 1 saturated heterocycles. The first-order valence-electron chi connectivity index (χ1n) is 11.5. The van der Waals surface area contributed by atoms with Crippen molar-refractivity contribution in [2.75, 3.05) is 51.6 Å². The van der Waals surface area contributed by atoms with Crippen LogP contribution in [0, 0.1) is 11.8 Å². The molecule has 2 aliphatic heterocycles. The molecule has 0 aliphatic carbocycles. The maximum atomic E-state index is 12.1. The number of amides is 2. The SMILES string of the molecule is CCNC(=O)C1=C(O)C(O)[C@H](n2cnc3c(N)nc(C#CCN4CCN(C(=O)OCC)CC4)nc32)O1. The van der Waals surface area contributed by atoms with E-state index >= 15 is 0 Å². The Kier molecular flexibility index (Phi) is 7.41. The van der Waals surface area contributed by atoms with Crippen LogP contribution in [0.3, 0.4) is 0 Å². The summed E-state index contributed by atoms with van der Waals surface area (Å²) in [5, 5.41) is 23.2. The predicted octanol–water partition coefficient (Wildman–Crippen LogP) is -0.670. The van der Waals surface area contributed by atoms with Gasteiger partial charge >= 0.3 is 6.09 Å². The topological polar surface area (TPSA) is 181 Å². The molecule has 1 fully saturated rings. The minimum absolute atomic E-state index is 0.0831. The van der Waals surface area contributed by atoms with Crippen molar-refractivity contribution in [2.24, 2.45) is 0 Å². The summed E-state index contributed by atoms with van der Waals surface area (Å²) in [7, 11) is 0. The van der Waals surface area contributed by atoms with Gasteiger partial charge in [0.2, 0.25) is 17.8 Å². The summed E-state index contributed by atoms with van der Waals surface area (Å²) < 4.78 is 11.9. The minimum atomic E-state index is -1.51. The number of likely N-dealkylation sites (N-methyl/N-ethyl adjacent to an activating group) is 1. The van der Waals surface area contributed by atoms with Crippen LogP contribution in [-0.2, 0) is 14.3 Å². The molecule has 2 atom stereocenters. The van der Waals surface area contributed by atoms with Crippen LogP contribution in [0.4, 0.5) is 10.6 Å². The van der Waals surface area contributed by atoms with Gasteiger partial charge in [-0.05, 0) is 19.8 Å². The van der Waals surface area contributed by atoms with Crippen LogP contribution in [0.15, 0.2) is 17.8 Å². The Hall–Kier alpha value is -4.09. The van der Waals surface area contributed by atoms with Crippen LogP contribution >= 0.6 is 0 Å². The Bertz CT molecular complexity index is 1240. The summed E-state index contributed by atoms with van der Waals surface area (Å²) in [5.74, 6) is 4.51. The van der Waals surface area contributed by atoms with Crippen molar-refractivity contribution in [3.8, 4) is 11.8 Å². The van der Waals surface area contributed by atoms with Crippen molar-refractivity contribution >= 4 is 29.0 Å². The number of carbonyl (C=O) groups is 2. The summed E-state index contributed by atoms with van der Waals surface area (Å²) >= 11 is 0. The molecule has 2 aromatic heterocycles. The van der Waals surface area contributed by atoms with Gasteiger partial charge in [0.15, 0.2) is 23.3 Å². The molecule has 0 saturated carbocycles. The number of piperazine rings is 1. The van der Waals surface area contributed by atoms with Gasteiger partial charge in [0, 0.05) is 32.7 Å². The average Bonchev–Trinajstić information content (AvgIpc) is 3.41. The zero-order valence-corrected chi connectivity index (χ0v) is 20.0. The Morgan fingerprint density at radius 2 is 2.03 bits per heavy atom. The lowest BCUT2D eigenvalue weighted by Gasteiger charge is -2.32. The Morgan fingerprint density at radius 3 is 2.72 bits per heavy atom. The van der Waals surface area contributed by atoms with E-state index in [-0.39, 0.29) is 34.7 Å². The van der Waals surface area contributed by atoms with Gasteiger partial charge in [-0.15, -0.1) is 0 Å². The van der Waals surface area contributed by atoms with E-state index in [2.05, 4.69) is 37.0 Å². The van der Waals surface area contributed by atoms with Gasteiger partial charge in [-0.3, -0.25) is 14.3 Å². The number of nitrogen functional groups attached to an aromatic ring is 1. The predicted molar refractivity (Wildman–Crippen MR) is 126 cm³/mol. The molecule has 0 bridgehead atoms. The van der Waals surface area contributed by atoms with E-state index in [4.69, 9.17) is 15.2 Å². The van der Waals surface area contributed by atoms with Crippen molar-refractivity contribution in [3.05, 3.63) is 23.7 Å². The van der Waals surface area contributed by atoms with Gasteiger partial charge in [-0.2, -0.15) is 0 Å². The molecule has 0 radical (unpaired) electrons. The molecule has 5 N–H and O–H groups in total. The number of nitrogens with two attached hydrogens (primary N) is 1. The standard InChI is InChI=1S/C22H28N8O6/c1-3-24-20(33)17-15(31)16(32)21(36-17)30-12-25-14-18(23)26-13(27-19(14)30)6-5-7-28-8-10-29(11-9-28)22(34)35-4-2/h12,16,21,31-32H,3-4,7-11H2,1-2H3,(H,24,33)(H2,23,26,27)/t16?,21-/m1/s1. The van der Waals surface area contributed by atoms with Gasteiger partial charge < -0.3 is 35.6 Å². The second-order valence-electron chi connectivity index (χ2n) is 8.05. The van der Waals surface area contributed by atoms with E-state index in [1.165, 1.54) is 10.9 Å². The molecule has 192 valence electrons. The largest absolute Gasteiger partial charge is 0.506 e. The highest BCUT2D eigenvalue weighted by atomic mass is 16.6. The molecule has 2 amide bonds. The molecule has 4 heterocycles. The maximum absolute atomic E-state index is 12.1. The summed E-state index contributed by atoms with van der Waals surface area (Å²) in [4.78, 5) is 40.5. The molecular formula is C22H28N8O6. The fraction of sp³-hybridized carbons (Fsp3) is 0.500. The third-order valence-electron chi connectivity index (χ3n) is 5.69. The fourth-order valence-electron chi connectivity index (χ4n) is 3.85. The molecule has 14 nitrogen and oxygen atoms in total. The number of rotatable bonds is 5. The second-order valence-corrected chi connectivity index (χ2v) is 8.05. The van der Waals surface area contributed by atoms with Crippen molar-refractivity contribution in [3.63, 3.8) is 0 Å². The number of nitrogens with zero attached hydrogens (tertiary/aromatic N) is 6. The Morgan fingerprint density at radius 1 is 1.28 bits per heavy atom. The minimum Gasteiger partial charge on any atom is -0.506 e. The highest BCUT2D eigenvalue weighted by molar-refractivity contribution is 5.92. The first-order valence-corrected chi connectivity index (χ1v) is 11.5. The van der Waals surface area contributed by atoms with E-state index in [1.807, 2.05) is 0 Å². The van der Waals surface area contributed by atoms with E-state index in [9.17, 15) is 19.8 Å². The van der Waals surface area contributed by atoms with Crippen molar-refractivity contribution in [1.82, 2.24) is 34.6 Å². The molecule has 4 rings (SSSR count).